The molecule has 0 radical (unpaired) electrons. The lowest BCUT2D eigenvalue weighted by molar-refractivity contribution is 0.208. The second kappa shape index (κ2) is 6.20. The Morgan fingerprint density at radius 2 is 1.84 bits per heavy atom. The van der Waals surface area contributed by atoms with E-state index in [0.29, 0.717) is 6.54 Å². The zero-order valence-corrected chi connectivity index (χ0v) is 11.2. The third kappa shape index (κ3) is 4.26. The molecule has 1 aromatic heterocycles. The Balaban J connectivity index is 2.12. The minimum atomic E-state index is -0.396. The second-order valence-corrected chi connectivity index (χ2v) is 4.64. The Morgan fingerprint density at radius 1 is 1.16 bits per heavy atom. The Kier molecular flexibility index (Phi) is 4.36. The number of aromatic nitrogens is 1. The number of nitrogens with one attached hydrogen (secondary N) is 2. The van der Waals surface area contributed by atoms with Gasteiger partial charge < -0.3 is 15.7 Å². The summed E-state index contributed by atoms with van der Waals surface area (Å²) in [5, 5.41) is 15.7. The average molecular weight is 257 g/mol. The van der Waals surface area contributed by atoms with E-state index in [1.807, 2.05) is 49.4 Å². The Bertz CT molecular complexity index is 526. The van der Waals surface area contributed by atoms with Crippen LogP contribution >= 0.6 is 0 Å². The first-order chi connectivity index (χ1) is 9.13. The number of anilines is 3. The second-order valence-electron chi connectivity index (χ2n) is 4.64. The van der Waals surface area contributed by atoms with E-state index >= 15 is 0 Å². The van der Waals surface area contributed by atoms with Crippen molar-refractivity contribution < 1.29 is 5.11 Å². The summed E-state index contributed by atoms with van der Waals surface area (Å²) in [6.45, 7) is 4.25. The van der Waals surface area contributed by atoms with Gasteiger partial charge in [0.05, 0.1) is 6.10 Å². The van der Waals surface area contributed by atoms with Gasteiger partial charge >= 0.3 is 0 Å². The molecule has 2 aromatic rings. The number of hydrogen-bond acceptors (Lipinski definition) is 4. The molecule has 1 unspecified atom stereocenters. The topological polar surface area (TPSA) is 57.2 Å². The maximum Gasteiger partial charge on any atom is 0.133 e. The van der Waals surface area contributed by atoms with Gasteiger partial charge in [0.1, 0.15) is 11.6 Å². The summed E-state index contributed by atoms with van der Waals surface area (Å²) in [5.41, 5.74) is 2.11. The third-order valence-electron chi connectivity index (χ3n) is 2.59. The highest BCUT2D eigenvalue weighted by Gasteiger charge is 2.02. The normalized spacial score (nSPS) is 11.9. The zero-order valence-electron chi connectivity index (χ0n) is 11.2. The Labute approximate surface area is 113 Å². The molecule has 1 aromatic carbocycles. The van der Waals surface area contributed by atoms with Gasteiger partial charge in [-0.05, 0) is 43.7 Å². The molecule has 3 N–H and O–H groups in total. The summed E-state index contributed by atoms with van der Waals surface area (Å²) in [6, 6.07) is 13.9. The standard InChI is InChI=1S/C15H19N3O/c1-11-8-14(16-10-12(2)19)18-15(9-11)17-13-6-4-3-5-7-13/h3-9,12,19H,10H2,1-2H3,(H2,16,17,18). The largest absolute Gasteiger partial charge is 0.392 e. The number of rotatable bonds is 5. The molecule has 1 heterocycles. The number of nitrogens with zero attached hydrogens (tertiary/aromatic N) is 1. The van der Waals surface area contributed by atoms with Crippen molar-refractivity contribution in [1.29, 1.82) is 0 Å². The van der Waals surface area contributed by atoms with Crippen LogP contribution in [-0.2, 0) is 0 Å². The van der Waals surface area contributed by atoms with Crippen LogP contribution in [0.25, 0.3) is 0 Å². The summed E-state index contributed by atoms with van der Waals surface area (Å²) < 4.78 is 0. The van der Waals surface area contributed by atoms with Crippen molar-refractivity contribution in [3.05, 3.63) is 48.0 Å². The van der Waals surface area contributed by atoms with Gasteiger partial charge in [-0.3, -0.25) is 0 Å². The predicted octanol–water partition coefficient (Wildman–Crippen LogP) is 2.93. The van der Waals surface area contributed by atoms with Crippen molar-refractivity contribution in [3.63, 3.8) is 0 Å². The molecule has 4 heteroatoms. The molecule has 0 saturated carbocycles. The van der Waals surface area contributed by atoms with Gasteiger partial charge in [0.2, 0.25) is 0 Å². The van der Waals surface area contributed by atoms with E-state index < -0.39 is 6.10 Å². The number of aliphatic hydroxyl groups excluding tert-OH is 1. The van der Waals surface area contributed by atoms with Crippen LogP contribution in [0, 0.1) is 6.92 Å². The molecule has 0 aliphatic heterocycles. The molecule has 0 fully saturated rings. The first-order valence-corrected chi connectivity index (χ1v) is 6.36. The van der Waals surface area contributed by atoms with Crippen LogP contribution in [-0.4, -0.2) is 22.7 Å². The van der Waals surface area contributed by atoms with E-state index in [9.17, 15) is 5.11 Å². The average Bonchev–Trinajstić information content (AvgIpc) is 2.37. The Hall–Kier alpha value is -2.07. The van der Waals surface area contributed by atoms with Crippen molar-refractivity contribution in [2.75, 3.05) is 17.2 Å². The fraction of sp³-hybridized carbons (Fsp3) is 0.267. The van der Waals surface area contributed by atoms with Gasteiger partial charge in [0.25, 0.3) is 0 Å². The van der Waals surface area contributed by atoms with Crippen molar-refractivity contribution in [1.82, 2.24) is 4.98 Å². The molecule has 2 rings (SSSR count). The number of aliphatic hydroxyl groups is 1. The van der Waals surface area contributed by atoms with Crippen molar-refractivity contribution in [3.8, 4) is 0 Å². The minimum Gasteiger partial charge on any atom is -0.392 e. The Morgan fingerprint density at radius 3 is 2.53 bits per heavy atom. The van der Waals surface area contributed by atoms with Crippen LogP contribution in [0.2, 0.25) is 0 Å². The molecule has 0 spiro atoms. The van der Waals surface area contributed by atoms with Crippen molar-refractivity contribution in [2.45, 2.75) is 20.0 Å². The van der Waals surface area contributed by atoms with Crippen LogP contribution in [0.5, 0.6) is 0 Å². The van der Waals surface area contributed by atoms with Crippen LogP contribution < -0.4 is 10.6 Å². The van der Waals surface area contributed by atoms with Crippen molar-refractivity contribution >= 4 is 17.3 Å². The fourth-order valence-corrected chi connectivity index (χ4v) is 1.74. The monoisotopic (exact) mass is 257 g/mol. The van der Waals surface area contributed by atoms with Crippen molar-refractivity contribution in [2.24, 2.45) is 0 Å². The molecule has 19 heavy (non-hydrogen) atoms. The van der Waals surface area contributed by atoms with E-state index in [1.165, 1.54) is 0 Å². The first kappa shape index (κ1) is 13.4. The predicted molar refractivity (Wildman–Crippen MR) is 78.9 cm³/mol. The summed E-state index contributed by atoms with van der Waals surface area (Å²) >= 11 is 0. The summed E-state index contributed by atoms with van der Waals surface area (Å²) in [7, 11) is 0. The number of para-hydroxylation sites is 1. The van der Waals surface area contributed by atoms with E-state index in [1.54, 1.807) is 6.92 Å². The molecule has 0 amide bonds. The molecule has 0 aliphatic rings. The van der Waals surface area contributed by atoms with Gasteiger partial charge in [-0.2, -0.15) is 0 Å². The molecule has 1 atom stereocenters. The highest BCUT2D eigenvalue weighted by molar-refractivity contribution is 5.59. The SMILES string of the molecule is Cc1cc(NCC(C)O)nc(Nc2ccccc2)c1. The number of aryl methyl sites for hydroxylation is 1. The van der Waals surface area contributed by atoms with Crippen LogP contribution in [0.1, 0.15) is 12.5 Å². The summed E-state index contributed by atoms with van der Waals surface area (Å²) in [4.78, 5) is 4.47. The summed E-state index contributed by atoms with van der Waals surface area (Å²) in [5.74, 6) is 1.55. The highest BCUT2D eigenvalue weighted by atomic mass is 16.3. The van der Waals surface area contributed by atoms with Gasteiger partial charge in [0.15, 0.2) is 0 Å². The summed E-state index contributed by atoms with van der Waals surface area (Å²) in [6.07, 6.45) is -0.396. The maximum atomic E-state index is 9.28. The van der Waals surface area contributed by atoms with Crippen LogP contribution in [0.3, 0.4) is 0 Å². The molecule has 0 bridgehead atoms. The van der Waals surface area contributed by atoms with Gasteiger partial charge in [-0.25, -0.2) is 4.98 Å². The van der Waals surface area contributed by atoms with E-state index in [-0.39, 0.29) is 0 Å². The fourth-order valence-electron chi connectivity index (χ4n) is 1.74. The quantitative estimate of drug-likeness (QED) is 0.771. The molecule has 0 aliphatic carbocycles. The smallest absolute Gasteiger partial charge is 0.133 e. The van der Waals surface area contributed by atoms with E-state index in [0.717, 1.165) is 22.9 Å². The van der Waals surface area contributed by atoms with Gasteiger partial charge in [0, 0.05) is 12.2 Å². The number of hydrogen-bond donors (Lipinski definition) is 3. The maximum absolute atomic E-state index is 9.28. The molecule has 0 saturated heterocycles. The van der Waals surface area contributed by atoms with Crippen LogP contribution in [0.15, 0.2) is 42.5 Å². The van der Waals surface area contributed by atoms with E-state index in [4.69, 9.17) is 0 Å². The van der Waals surface area contributed by atoms with E-state index in [2.05, 4.69) is 15.6 Å². The third-order valence-corrected chi connectivity index (χ3v) is 2.59. The lowest BCUT2D eigenvalue weighted by atomic mass is 10.2. The number of benzene rings is 1. The van der Waals surface area contributed by atoms with Gasteiger partial charge in [-0.15, -0.1) is 0 Å². The first-order valence-electron chi connectivity index (χ1n) is 6.36. The number of pyridine rings is 1. The lowest BCUT2D eigenvalue weighted by Crippen LogP contribution is -2.16. The molecule has 100 valence electrons. The molecular weight excluding hydrogens is 238 g/mol. The highest BCUT2D eigenvalue weighted by Crippen LogP contribution is 2.18. The van der Waals surface area contributed by atoms with Gasteiger partial charge in [-0.1, -0.05) is 18.2 Å². The minimum absolute atomic E-state index is 0.396. The van der Waals surface area contributed by atoms with Crippen LogP contribution in [0.4, 0.5) is 17.3 Å². The molecule has 4 nitrogen and oxygen atoms in total. The molecular formula is C15H19N3O. The zero-order chi connectivity index (χ0) is 13.7. The lowest BCUT2D eigenvalue weighted by Gasteiger charge is -2.11.